The molecule has 1 saturated carbocycles. The average Bonchev–Trinajstić information content (AvgIpc) is 3.08. The van der Waals surface area contributed by atoms with Crippen LogP contribution in [0.4, 0.5) is 4.79 Å². The summed E-state index contributed by atoms with van der Waals surface area (Å²) in [4.78, 5) is 12.3. The molecule has 2 aliphatic heterocycles. The van der Waals surface area contributed by atoms with Gasteiger partial charge in [0.1, 0.15) is 12.2 Å². The highest BCUT2D eigenvalue weighted by Crippen LogP contribution is 2.42. The zero-order chi connectivity index (χ0) is 19.4. The van der Waals surface area contributed by atoms with Gasteiger partial charge in [0.15, 0.2) is 12.4 Å². The lowest BCUT2D eigenvalue weighted by molar-refractivity contribution is -0.242. The van der Waals surface area contributed by atoms with Crippen molar-refractivity contribution in [2.75, 3.05) is 19.1 Å². The van der Waals surface area contributed by atoms with Gasteiger partial charge in [-0.2, -0.15) is 0 Å². The third-order valence-electron chi connectivity index (χ3n) is 4.76. The van der Waals surface area contributed by atoms with Crippen molar-refractivity contribution in [2.24, 2.45) is 0 Å². The number of alkyl halides is 4. The molecule has 0 aromatic heterocycles. The second-order valence-corrected chi connectivity index (χ2v) is 9.51. The van der Waals surface area contributed by atoms with Crippen molar-refractivity contribution in [3.8, 4) is 0 Å². The summed E-state index contributed by atoms with van der Waals surface area (Å²) in [6, 6.07) is 0.126. The molecule has 0 aromatic carbocycles. The van der Waals surface area contributed by atoms with Crippen LogP contribution in [0, 0.1) is 0 Å². The standard InChI is InChI=1S/C16H23Cl4NO6/c17-6-7-23-13-12-11(26-14(27-12)16(18,19)20)10(8-24-13)25-15(22)21-9-4-2-1-3-5-9/h9-14H,1-8H2,(H,21,22)/t10-,11+,12+,13-,14+/m1/s1. The second-order valence-electron chi connectivity index (χ2n) is 6.76. The lowest BCUT2D eigenvalue weighted by atomic mass is 9.96. The third-order valence-corrected chi connectivity index (χ3v) is 5.45. The number of alkyl carbamates (subject to hydrolysis) is 1. The number of hydrogen-bond donors (Lipinski definition) is 1. The number of carbonyl (C=O) groups is 1. The summed E-state index contributed by atoms with van der Waals surface area (Å²) in [5, 5.41) is 2.89. The number of halogens is 4. The van der Waals surface area contributed by atoms with Gasteiger partial charge in [-0.1, -0.05) is 54.1 Å². The smallest absolute Gasteiger partial charge is 0.407 e. The number of ether oxygens (including phenoxy) is 5. The summed E-state index contributed by atoms with van der Waals surface area (Å²) >= 11 is 23.4. The summed E-state index contributed by atoms with van der Waals surface area (Å²) < 4.78 is 26.3. The number of amides is 1. The van der Waals surface area contributed by atoms with E-state index in [1.807, 2.05) is 0 Å². The predicted octanol–water partition coefficient (Wildman–Crippen LogP) is 3.51. The summed E-state index contributed by atoms with van der Waals surface area (Å²) in [5.74, 6) is 0.287. The zero-order valence-corrected chi connectivity index (χ0v) is 17.6. The molecule has 0 aromatic rings. The van der Waals surface area contributed by atoms with Crippen molar-refractivity contribution >= 4 is 52.5 Å². The molecular weight excluding hydrogens is 444 g/mol. The quantitative estimate of drug-likeness (QED) is 0.625. The molecule has 0 bridgehead atoms. The van der Waals surface area contributed by atoms with Crippen molar-refractivity contribution in [3.05, 3.63) is 0 Å². The van der Waals surface area contributed by atoms with Gasteiger partial charge in [0.2, 0.25) is 10.1 Å². The topological polar surface area (TPSA) is 75.3 Å². The molecule has 1 aliphatic carbocycles. The van der Waals surface area contributed by atoms with Crippen LogP contribution < -0.4 is 5.32 Å². The van der Waals surface area contributed by atoms with Crippen LogP contribution in [-0.4, -0.2) is 65.9 Å². The Hall–Kier alpha value is 0.270. The van der Waals surface area contributed by atoms with Crippen LogP contribution in [0.25, 0.3) is 0 Å². The minimum absolute atomic E-state index is 0.0716. The van der Waals surface area contributed by atoms with Crippen LogP contribution >= 0.6 is 46.4 Å². The minimum Gasteiger partial charge on any atom is -0.441 e. The van der Waals surface area contributed by atoms with Crippen LogP contribution in [-0.2, 0) is 23.7 Å². The first kappa shape index (κ1) is 22.0. The first-order chi connectivity index (χ1) is 12.9. The molecule has 2 saturated heterocycles. The highest BCUT2D eigenvalue weighted by molar-refractivity contribution is 6.67. The van der Waals surface area contributed by atoms with Crippen LogP contribution in [0.3, 0.4) is 0 Å². The van der Waals surface area contributed by atoms with E-state index in [2.05, 4.69) is 5.32 Å². The van der Waals surface area contributed by atoms with Gasteiger partial charge in [-0.05, 0) is 12.8 Å². The van der Waals surface area contributed by atoms with E-state index in [9.17, 15) is 4.79 Å². The fraction of sp³-hybridized carbons (Fsp3) is 0.938. The van der Waals surface area contributed by atoms with Gasteiger partial charge < -0.3 is 29.0 Å². The van der Waals surface area contributed by atoms with E-state index >= 15 is 0 Å². The Balaban J connectivity index is 1.61. The van der Waals surface area contributed by atoms with E-state index in [0.29, 0.717) is 0 Å². The van der Waals surface area contributed by atoms with Crippen LogP contribution in [0.1, 0.15) is 32.1 Å². The Morgan fingerprint density at radius 3 is 2.48 bits per heavy atom. The van der Waals surface area contributed by atoms with Crippen molar-refractivity contribution in [1.82, 2.24) is 5.32 Å². The molecule has 5 atom stereocenters. The SMILES string of the molecule is O=C(NC1CCCCC1)O[C@@H]1CO[C@@H](OCCCl)[C@H]2O[C@@H](C(Cl)(Cl)Cl)O[C@H]21. The van der Waals surface area contributed by atoms with E-state index in [1.54, 1.807) is 0 Å². The summed E-state index contributed by atoms with van der Waals surface area (Å²) in [5.41, 5.74) is 0. The molecule has 3 fully saturated rings. The monoisotopic (exact) mass is 465 g/mol. The zero-order valence-electron chi connectivity index (χ0n) is 14.6. The number of fused-ring (bicyclic) bond motifs is 1. The van der Waals surface area contributed by atoms with Gasteiger partial charge in [-0.25, -0.2) is 4.79 Å². The predicted molar refractivity (Wildman–Crippen MR) is 101 cm³/mol. The Bertz CT molecular complexity index is 502. The van der Waals surface area contributed by atoms with E-state index in [0.717, 1.165) is 25.7 Å². The van der Waals surface area contributed by atoms with Gasteiger partial charge >= 0.3 is 6.09 Å². The maximum Gasteiger partial charge on any atom is 0.407 e. The van der Waals surface area contributed by atoms with Gasteiger partial charge in [0.25, 0.3) is 0 Å². The Labute approximate surface area is 178 Å². The molecule has 156 valence electrons. The third kappa shape index (κ3) is 5.89. The van der Waals surface area contributed by atoms with E-state index in [1.165, 1.54) is 6.42 Å². The van der Waals surface area contributed by atoms with Crippen molar-refractivity contribution in [2.45, 2.75) is 72.8 Å². The van der Waals surface area contributed by atoms with Crippen molar-refractivity contribution in [1.29, 1.82) is 0 Å². The molecule has 0 radical (unpaired) electrons. The summed E-state index contributed by atoms with van der Waals surface area (Å²) in [6.45, 7) is 0.326. The molecule has 2 heterocycles. The molecule has 0 unspecified atom stereocenters. The van der Waals surface area contributed by atoms with Crippen molar-refractivity contribution < 1.29 is 28.5 Å². The fourth-order valence-corrected chi connectivity index (χ4v) is 3.91. The number of rotatable bonds is 5. The lowest BCUT2D eigenvalue weighted by Crippen LogP contribution is -2.54. The first-order valence-electron chi connectivity index (χ1n) is 9.02. The van der Waals surface area contributed by atoms with E-state index in [-0.39, 0.29) is 25.1 Å². The normalized spacial score (nSPS) is 34.9. The molecule has 1 amide bonds. The average molecular weight is 467 g/mol. The highest BCUT2D eigenvalue weighted by Gasteiger charge is 2.55. The van der Waals surface area contributed by atoms with Crippen LogP contribution in [0.2, 0.25) is 0 Å². The van der Waals surface area contributed by atoms with E-state index in [4.69, 9.17) is 70.1 Å². The molecule has 3 aliphatic rings. The number of nitrogens with one attached hydrogen (secondary N) is 1. The summed E-state index contributed by atoms with van der Waals surface area (Å²) in [7, 11) is 0. The molecule has 7 nitrogen and oxygen atoms in total. The largest absolute Gasteiger partial charge is 0.441 e. The lowest BCUT2D eigenvalue weighted by Gasteiger charge is -2.36. The van der Waals surface area contributed by atoms with Crippen LogP contribution in [0.15, 0.2) is 0 Å². The second kappa shape index (κ2) is 9.85. The fourth-order valence-electron chi connectivity index (χ4n) is 3.51. The van der Waals surface area contributed by atoms with Crippen molar-refractivity contribution in [3.63, 3.8) is 0 Å². The maximum atomic E-state index is 12.3. The number of carbonyl (C=O) groups excluding carboxylic acids is 1. The molecule has 27 heavy (non-hydrogen) atoms. The molecule has 3 rings (SSSR count). The molecule has 0 spiro atoms. The molecular formula is C16H23Cl4NO6. The first-order valence-corrected chi connectivity index (χ1v) is 10.7. The Morgan fingerprint density at radius 1 is 1.11 bits per heavy atom. The van der Waals surface area contributed by atoms with Crippen LogP contribution in [0.5, 0.6) is 0 Å². The number of hydrogen-bond acceptors (Lipinski definition) is 6. The Kier molecular flexibility index (Phi) is 8.01. The van der Waals surface area contributed by atoms with E-state index < -0.39 is 40.8 Å². The molecule has 11 heteroatoms. The minimum atomic E-state index is -1.80. The Morgan fingerprint density at radius 2 is 1.81 bits per heavy atom. The van der Waals surface area contributed by atoms with Gasteiger partial charge in [-0.15, -0.1) is 11.6 Å². The molecule has 1 N–H and O–H groups in total. The highest BCUT2D eigenvalue weighted by atomic mass is 35.6. The maximum absolute atomic E-state index is 12.3. The summed E-state index contributed by atoms with van der Waals surface area (Å²) in [6.07, 6.45) is 0.779. The van der Waals surface area contributed by atoms with Gasteiger partial charge in [0.05, 0.1) is 13.2 Å². The van der Waals surface area contributed by atoms with Gasteiger partial charge in [0, 0.05) is 11.9 Å². The van der Waals surface area contributed by atoms with Gasteiger partial charge in [-0.3, -0.25) is 0 Å².